The molecule has 0 bridgehead atoms. The Bertz CT molecular complexity index is 1040. The van der Waals surface area contributed by atoms with Crippen molar-refractivity contribution < 1.29 is 4.39 Å². The molecule has 3 aromatic rings. The number of hydrogen-bond donors (Lipinski definition) is 1. The van der Waals surface area contributed by atoms with Crippen LogP contribution in [-0.2, 0) is 0 Å². The van der Waals surface area contributed by atoms with E-state index in [4.69, 9.17) is 16.6 Å². The molecule has 1 N–H and O–H groups in total. The fourth-order valence-electron chi connectivity index (χ4n) is 2.76. The molecule has 0 saturated carbocycles. The maximum absolute atomic E-state index is 13.5. The standard InChI is InChI=1S/C19H13ClFIN4/c20-15-9-13(4-5-16(15)21)24-19-14-8-12(22)3-6-17(14)25-18(26-19)11-2-1-7-23-10-11/h1-8,10,13H,9H2,(H,24,25,26). The molecule has 1 atom stereocenters. The van der Waals surface area contributed by atoms with Gasteiger partial charge in [0.1, 0.15) is 11.6 Å². The number of pyridine rings is 1. The van der Waals surface area contributed by atoms with Crippen molar-refractivity contribution in [3.8, 4) is 11.4 Å². The number of nitrogens with zero attached hydrogens (tertiary/aromatic N) is 3. The molecule has 7 heteroatoms. The quantitative estimate of drug-likeness (QED) is 0.508. The van der Waals surface area contributed by atoms with E-state index in [-0.39, 0.29) is 16.9 Å². The molecule has 0 fully saturated rings. The number of nitrogens with one attached hydrogen (secondary N) is 1. The SMILES string of the molecule is FC1=C(Cl)CC(Nc2nc(-c3cccnc3)nc3ccc(I)cc23)C=C1. The summed E-state index contributed by atoms with van der Waals surface area (Å²) in [6, 6.07) is 9.62. The topological polar surface area (TPSA) is 50.7 Å². The molecule has 1 aromatic carbocycles. The average molecular weight is 479 g/mol. The van der Waals surface area contributed by atoms with Crippen LogP contribution < -0.4 is 5.32 Å². The van der Waals surface area contributed by atoms with Gasteiger partial charge in [-0.1, -0.05) is 17.7 Å². The van der Waals surface area contributed by atoms with Crippen molar-refractivity contribution in [2.75, 3.05) is 5.32 Å². The maximum Gasteiger partial charge on any atom is 0.163 e. The minimum Gasteiger partial charge on any atom is -0.363 e. The van der Waals surface area contributed by atoms with Crippen molar-refractivity contribution >= 4 is 50.9 Å². The first-order valence-electron chi connectivity index (χ1n) is 7.97. The van der Waals surface area contributed by atoms with E-state index in [2.05, 4.69) is 37.9 Å². The van der Waals surface area contributed by atoms with E-state index in [9.17, 15) is 4.39 Å². The molecule has 1 aliphatic rings. The summed E-state index contributed by atoms with van der Waals surface area (Å²) >= 11 is 8.23. The maximum atomic E-state index is 13.5. The highest BCUT2D eigenvalue weighted by atomic mass is 127. The lowest BCUT2D eigenvalue weighted by Crippen LogP contribution is -2.20. The van der Waals surface area contributed by atoms with Crippen LogP contribution in [0.4, 0.5) is 10.2 Å². The van der Waals surface area contributed by atoms with E-state index in [1.807, 2.05) is 30.3 Å². The van der Waals surface area contributed by atoms with Crippen molar-refractivity contribution in [3.05, 3.63) is 69.3 Å². The second kappa shape index (κ2) is 7.28. The van der Waals surface area contributed by atoms with Crippen molar-refractivity contribution in [3.63, 3.8) is 0 Å². The van der Waals surface area contributed by atoms with Crippen LogP contribution >= 0.6 is 34.2 Å². The third-order valence-electron chi connectivity index (χ3n) is 4.03. The largest absolute Gasteiger partial charge is 0.363 e. The van der Waals surface area contributed by atoms with Crippen molar-refractivity contribution in [2.24, 2.45) is 0 Å². The molecule has 0 spiro atoms. The van der Waals surface area contributed by atoms with Crippen molar-refractivity contribution in [1.29, 1.82) is 0 Å². The molecular weight excluding hydrogens is 466 g/mol. The molecule has 26 heavy (non-hydrogen) atoms. The van der Waals surface area contributed by atoms with Crippen LogP contribution in [0.1, 0.15) is 6.42 Å². The van der Waals surface area contributed by atoms with Gasteiger partial charge in [0.25, 0.3) is 0 Å². The third-order valence-corrected chi connectivity index (χ3v) is 5.04. The van der Waals surface area contributed by atoms with Crippen LogP contribution in [0.15, 0.2) is 65.7 Å². The van der Waals surface area contributed by atoms with Crippen LogP contribution in [0.2, 0.25) is 0 Å². The Morgan fingerprint density at radius 2 is 2.12 bits per heavy atom. The van der Waals surface area contributed by atoms with Gasteiger partial charge in [0.05, 0.1) is 16.6 Å². The second-order valence-corrected chi connectivity index (χ2v) is 7.57. The summed E-state index contributed by atoms with van der Waals surface area (Å²) in [5.41, 5.74) is 1.66. The van der Waals surface area contributed by atoms with Gasteiger partial charge in [-0.05, 0) is 59.0 Å². The Balaban J connectivity index is 1.79. The number of fused-ring (bicyclic) bond motifs is 1. The van der Waals surface area contributed by atoms with Gasteiger partial charge in [-0.25, -0.2) is 14.4 Å². The Morgan fingerprint density at radius 3 is 2.88 bits per heavy atom. The molecule has 0 amide bonds. The first-order valence-corrected chi connectivity index (χ1v) is 9.42. The minimum atomic E-state index is -0.386. The predicted octanol–water partition coefficient (Wildman–Crippen LogP) is 5.46. The third kappa shape index (κ3) is 3.57. The number of benzene rings is 1. The zero-order chi connectivity index (χ0) is 18.1. The highest BCUT2D eigenvalue weighted by molar-refractivity contribution is 14.1. The zero-order valence-corrected chi connectivity index (χ0v) is 16.4. The van der Waals surface area contributed by atoms with Crippen LogP contribution in [0, 0.1) is 3.57 Å². The molecule has 130 valence electrons. The average Bonchev–Trinajstić information content (AvgIpc) is 2.65. The van der Waals surface area contributed by atoms with Gasteiger partial charge < -0.3 is 5.32 Å². The lowest BCUT2D eigenvalue weighted by atomic mass is 10.1. The number of hydrogen-bond acceptors (Lipinski definition) is 4. The molecule has 1 unspecified atom stereocenters. The van der Waals surface area contributed by atoms with Crippen LogP contribution in [0.5, 0.6) is 0 Å². The fraction of sp³-hybridized carbons (Fsp3) is 0.105. The number of allylic oxidation sites excluding steroid dienone is 2. The van der Waals surface area contributed by atoms with Crippen molar-refractivity contribution in [2.45, 2.75) is 12.5 Å². The first kappa shape index (κ1) is 17.4. The van der Waals surface area contributed by atoms with Gasteiger partial charge in [-0.3, -0.25) is 4.98 Å². The molecule has 0 radical (unpaired) electrons. The van der Waals surface area contributed by atoms with Gasteiger partial charge in [0.2, 0.25) is 0 Å². The Labute approximate surface area is 168 Å². The van der Waals surface area contributed by atoms with Crippen LogP contribution in [-0.4, -0.2) is 21.0 Å². The molecule has 4 nitrogen and oxygen atoms in total. The van der Waals surface area contributed by atoms with E-state index in [1.165, 1.54) is 6.08 Å². The highest BCUT2D eigenvalue weighted by Gasteiger charge is 2.18. The first-order chi connectivity index (χ1) is 12.6. The zero-order valence-electron chi connectivity index (χ0n) is 13.5. The summed E-state index contributed by atoms with van der Waals surface area (Å²) in [6.45, 7) is 0. The van der Waals surface area contributed by atoms with Crippen LogP contribution in [0.3, 0.4) is 0 Å². The summed E-state index contributed by atoms with van der Waals surface area (Å²) in [4.78, 5) is 13.5. The van der Waals surface area contributed by atoms with Gasteiger partial charge in [0, 0.05) is 33.3 Å². The summed E-state index contributed by atoms with van der Waals surface area (Å²) in [5, 5.41) is 4.49. The summed E-state index contributed by atoms with van der Waals surface area (Å²) in [5.74, 6) is 0.888. The van der Waals surface area contributed by atoms with E-state index < -0.39 is 0 Å². The molecular formula is C19H13ClFIN4. The van der Waals surface area contributed by atoms with Gasteiger partial charge in [-0.2, -0.15) is 0 Å². The number of anilines is 1. The lowest BCUT2D eigenvalue weighted by Gasteiger charge is -2.20. The summed E-state index contributed by atoms with van der Waals surface area (Å²) in [6.07, 6.45) is 6.96. The number of aromatic nitrogens is 3. The van der Waals surface area contributed by atoms with Crippen molar-refractivity contribution in [1.82, 2.24) is 15.0 Å². The number of halogens is 3. The molecule has 2 aromatic heterocycles. The fourth-order valence-corrected chi connectivity index (χ4v) is 3.48. The predicted molar refractivity (Wildman–Crippen MR) is 111 cm³/mol. The molecule has 0 saturated heterocycles. The monoisotopic (exact) mass is 478 g/mol. The van der Waals surface area contributed by atoms with E-state index in [0.717, 1.165) is 20.0 Å². The minimum absolute atomic E-state index is 0.139. The smallest absolute Gasteiger partial charge is 0.163 e. The molecule has 0 aliphatic heterocycles. The lowest BCUT2D eigenvalue weighted by molar-refractivity contribution is 0.641. The molecule has 2 heterocycles. The highest BCUT2D eigenvalue weighted by Crippen LogP contribution is 2.30. The van der Waals surface area contributed by atoms with E-state index >= 15 is 0 Å². The Hall–Kier alpha value is -2.06. The van der Waals surface area contributed by atoms with Crippen LogP contribution in [0.25, 0.3) is 22.3 Å². The van der Waals surface area contributed by atoms with Gasteiger partial charge >= 0.3 is 0 Å². The number of rotatable bonds is 3. The second-order valence-electron chi connectivity index (χ2n) is 5.87. The van der Waals surface area contributed by atoms with Gasteiger partial charge in [-0.15, -0.1) is 0 Å². The van der Waals surface area contributed by atoms with E-state index in [1.54, 1.807) is 18.5 Å². The summed E-state index contributed by atoms with van der Waals surface area (Å²) in [7, 11) is 0. The Morgan fingerprint density at radius 1 is 1.23 bits per heavy atom. The van der Waals surface area contributed by atoms with E-state index in [0.29, 0.717) is 18.1 Å². The Kier molecular flexibility index (Phi) is 4.86. The molecule has 4 rings (SSSR count). The molecule has 1 aliphatic carbocycles. The summed E-state index contributed by atoms with van der Waals surface area (Å²) < 4.78 is 14.6. The normalized spacial score (nSPS) is 17.0. The van der Waals surface area contributed by atoms with Gasteiger partial charge in [0.15, 0.2) is 5.82 Å².